The molecule has 0 fully saturated rings. The standard InChI is InChI=1S/C9H10N5O4P/c1-2-6(18-5-19(15,16)17)14-4-13-7-8(10)11-3-12-9(7)14/h1,3-4,6H,5H2,(H2,10,11,12)(H2,15,16,17). The van der Waals surface area contributed by atoms with Gasteiger partial charge in [0.05, 0.1) is 0 Å². The Morgan fingerprint density at radius 3 is 2.89 bits per heavy atom. The number of imidazole rings is 1. The van der Waals surface area contributed by atoms with Gasteiger partial charge in [-0.25, -0.2) is 15.0 Å². The van der Waals surface area contributed by atoms with Gasteiger partial charge in [-0.2, -0.15) is 0 Å². The fraction of sp³-hybridized carbons (Fsp3) is 0.222. The molecule has 0 radical (unpaired) electrons. The van der Waals surface area contributed by atoms with E-state index >= 15 is 0 Å². The second-order valence-corrected chi connectivity index (χ2v) is 5.15. The van der Waals surface area contributed by atoms with E-state index in [-0.39, 0.29) is 5.82 Å². The van der Waals surface area contributed by atoms with E-state index in [4.69, 9.17) is 26.7 Å². The Morgan fingerprint density at radius 2 is 2.26 bits per heavy atom. The van der Waals surface area contributed by atoms with Crippen LogP contribution in [-0.4, -0.2) is 35.7 Å². The molecule has 2 aromatic rings. The summed E-state index contributed by atoms with van der Waals surface area (Å²) in [5.74, 6) is 2.42. The Balaban J connectivity index is 2.34. The molecule has 2 rings (SSSR count). The summed E-state index contributed by atoms with van der Waals surface area (Å²) in [6.07, 6.45) is 5.97. The van der Waals surface area contributed by atoms with Gasteiger partial charge in [-0.15, -0.1) is 6.42 Å². The monoisotopic (exact) mass is 283 g/mol. The lowest BCUT2D eigenvalue weighted by Crippen LogP contribution is -2.12. The number of aromatic nitrogens is 4. The third-order valence-corrected chi connectivity index (χ3v) is 2.67. The Labute approximate surface area is 107 Å². The zero-order valence-corrected chi connectivity index (χ0v) is 10.4. The summed E-state index contributed by atoms with van der Waals surface area (Å²) < 4.78 is 17.1. The van der Waals surface area contributed by atoms with Gasteiger partial charge in [0.25, 0.3) is 0 Å². The third kappa shape index (κ3) is 2.89. The van der Waals surface area contributed by atoms with Gasteiger partial charge in [0.1, 0.15) is 18.2 Å². The summed E-state index contributed by atoms with van der Waals surface area (Å²) in [4.78, 5) is 29.2. The van der Waals surface area contributed by atoms with Crippen molar-refractivity contribution in [3.05, 3.63) is 12.7 Å². The van der Waals surface area contributed by atoms with Gasteiger partial charge in [-0.1, -0.05) is 5.92 Å². The van der Waals surface area contributed by atoms with Crippen LogP contribution in [0.15, 0.2) is 12.7 Å². The maximum absolute atomic E-state index is 10.8. The highest BCUT2D eigenvalue weighted by Crippen LogP contribution is 2.35. The zero-order valence-electron chi connectivity index (χ0n) is 9.54. The Hall–Kier alpha value is -1.98. The molecule has 0 amide bonds. The first-order valence-corrected chi connectivity index (χ1v) is 6.77. The Bertz CT molecular complexity index is 687. The molecule has 0 aromatic carbocycles. The van der Waals surface area contributed by atoms with Gasteiger partial charge < -0.3 is 20.3 Å². The minimum atomic E-state index is -4.31. The number of nitrogens with two attached hydrogens (primary N) is 1. The minimum Gasteiger partial charge on any atom is -0.382 e. The van der Waals surface area contributed by atoms with Gasteiger partial charge >= 0.3 is 7.60 Å². The number of ether oxygens (including phenoxy) is 1. The van der Waals surface area contributed by atoms with Crippen LogP contribution >= 0.6 is 7.60 Å². The molecule has 4 N–H and O–H groups in total. The average molecular weight is 283 g/mol. The summed E-state index contributed by atoms with van der Waals surface area (Å²) >= 11 is 0. The Kier molecular flexibility index (Phi) is 3.50. The molecule has 1 atom stereocenters. The number of nitrogens with zero attached hydrogens (tertiary/aromatic N) is 4. The molecule has 9 nitrogen and oxygen atoms in total. The van der Waals surface area contributed by atoms with E-state index in [9.17, 15) is 4.57 Å². The third-order valence-electron chi connectivity index (χ3n) is 2.18. The van der Waals surface area contributed by atoms with Crippen LogP contribution in [0.3, 0.4) is 0 Å². The molecule has 0 spiro atoms. The SMILES string of the molecule is C#CC(OCP(=O)(O)O)n1cnc2c(N)ncnc21. The number of fused-ring (bicyclic) bond motifs is 1. The molecular weight excluding hydrogens is 273 g/mol. The van der Waals surface area contributed by atoms with Crippen LogP contribution < -0.4 is 5.73 Å². The summed E-state index contributed by atoms with van der Waals surface area (Å²) in [7, 11) is -4.31. The molecule has 0 saturated heterocycles. The Morgan fingerprint density at radius 1 is 1.53 bits per heavy atom. The molecular formula is C9H10N5O4P. The van der Waals surface area contributed by atoms with Crippen molar-refractivity contribution in [3.8, 4) is 12.3 Å². The number of rotatable bonds is 4. The van der Waals surface area contributed by atoms with Gasteiger partial charge in [-0.05, 0) is 0 Å². The fourth-order valence-corrected chi connectivity index (χ4v) is 1.75. The zero-order chi connectivity index (χ0) is 14.0. The van der Waals surface area contributed by atoms with Crippen LogP contribution in [0.4, 0.5) is 5.82 Å². The van der Waals surface area contributed by atoms with E-state index in [0.29, 0.717) is 11.2 Å². The normalized spacial score (nSPS) is 13.3. The topological polar surface area (TPSA) is 136 Å². The van der Waals surface area contributed by atoms with Crippen molar-refractivity contribution < 1.29 is 19.1 Å². The van der Waals surface area contributed by atoms with Crippen molar-refractivity contribution >= 4 is 24.6 Å². The summed E-state index contributed by atoms with van der Waals surface area (Å²) in [5, 5.41) is 0. The molecule has 100 valence electrons. The highest BCUT2D eigenvalue weighted by Gasteiger charge is 2.20. The van der Waals surface area contributed by atoms with E-state index in [1.807, 2.05) is 0 Å². The van der Waals surface area contributed by atoms with Crippen LogP contribution in [-0.2, 0) is 9.30 Å². The van der Waals surface area contributed by atoms with E-state index < -0.39 is 20.2 Å². The maximum atomic E-state index is 10.8. The second kappa shape index (κ2) is 4.95. The molecule has 2 aromatic heterocycles. The first-order valence-electron chi connectivity index (χ1n) is 4.97. The van der Waals surface area contributed by atoms with Gasteiger partial charge in [0.2, 0.25) is 0 Å². The van der Waals surface area contributed by atoms with E-state index in [2.05, 4.69) is 20.9 Å². The average Bonchev–Trinajstić information content (AvgIpc) is 2.74. The number of hydrogen-bond acceptors (Lipinski definition) is 6. The lowest BCUT2D eigenvalue weighted by Gasteiger charge is -2.14. The van der Waals surface area contributed by atoms with E-state index in [1.54, 1.807) is 0 Å². The number of terminal acetylenes is 1. The van der Waals surface area contributed by atoms with Crippen LogP contribution in [0, 0.1) is 12.3 Å². The lowest BCUT2D eigenvalue weighted by atomic mass is 10.5. The van der Waals surface area contributed by atoms with Crippen molar-refractivity contribution in [2.45, 2.75) is 6.23 Å². The smallest absolute Gasteiger partial charge is 0.351 e. The van der Waals surface area contributed by atoms with Crippen molar-refractivity contribution in [1.82, 2.24) is 19.5 Å². The quantitative estimate of drug-likeness (QED) is 0.513. The molecule has 0 aliphatic heterocycles. The van der Waals surface area contributed by atoms with Crippen LogP contribution in [0.1, 0.15) is 6.23 Å². The van der Waals surface area contributed by atoms with Crippen molar-refractivity contribution in [3.63, 3.8) is 0 Å². The molecule has 1 unspecified atom stereocenters. The van der Waals surface area contributed by atoms with Crippen molar-refractivity contribution in [1.29, 1.82) is 0 Å². The van der Waals surface area contributed by atoms with E-state index in [1.165, 1.54) is 17.2 Å². The predicted molar refractivity (Wildman–Crippen MR) is 65.6 cm³/mol. The minimum absolute atomic E-state index is 0.175. The maximum Gasteiger partial charge on any atom is 0.351 e. The molecule has 2 heterocycles. The van der Waals surface area contributed by atoms with Gasteiger partial charge in [0, 0.05) is 0 Å². The van der Waals surface area contributed by atoms with Crippen molar-refractivity contribution in [2.24, 2.45) is 0 Å². The second-order valence-electron chi connectivity index (χ2n) is 3.56. The van der Waals surface area contributed by atoms with Crippen LogP contribution in [0.25, 0.3) is 11.2 Å². The number of anilines is 1. The summed E-state index contributed by atoms with van der Waals surface area (Å²) in [6.45, 7) is 0. The first-order chi connectivity index (χ1) is 8.92. The molecule has 19 heavy (non-hydrogen) atoms. The first kappa shape index (κ1) is 13.5. The largest absolute Gasteiger partial charge is 0.382 e. The van der Waals surface area contributed by atoms with E-state index in [0.717, 1.165) is 0 Å². The van der Waals surface area contributed by atoms with Gasteiger partial charge in [0.15, 0.2) is 24.0 Å². The highest BCUT2D eigenvalue weighted by molar-refractivity contribution is 7.51. The van der Waals surface area contributed by atoms with Crippen LogP contribution in [0.2, 0.25) is 0 Å². The van der Waals surface area contributed by atoms with Crippen molar-refractivity contribution in [2.75, 3.05) is 12.1 Å². The molecule has 0 aliphatic carbocycles. The van der Waals surface area contributed by atoms with Crippen LogP contribution in [0.5, 0.6) is 0 Å². The molecule has 0 aliphatic rings. The van der Waals surface area contributed by atoms with Gasteiger partial charge in [-0.3, -0.25) is 9.13 Å². The molecule has 0 saturated carbocycles. The predicted octanol–water partition coefficient (Wildman–Crippen LogP) is -0.308. The fourth-order valence-electron chi connectivity index (χ4n) is 1.42. The summed E-state index contributed by atoms with van der Waals surface area (Å²) in [6, 6.07) is 0. The lowest BCUT2D eigenvalue weighted by molar-refractivity contribution is 0.0688. The highest BCUT2D eigenvalue weighted by atomic mass is 31.2. The molecule has 10 heteroatoms. The number of nitrogen functional groups attached to an aromatic ring is 1. The number of hydrogen-bond donors (Lipinski definition) is 3. The summed E-state index contributed by atoms with van der Waals surface area (Å²) in [5.41, 5.74) is 6.27. The molecule has 0 bridgehead atoms.